The molecule has 3 aromatic rings. The summed E-state index contributed by atoms with van der Waals surface area (Å²) in [6.07, 6.45) is 1.64. The molecule has 2 aromatic carbocycles. The van der Waals surface area contributed by atoms with Gasteiger partial charge in [-0.05, 0) is 56.2 Å². The molecule has 1 amide bonds. The van der Waals surface area contributed by atoms with Gasteiger partial charge in [-0.3, -0.25) is 24.3 Å². The van der Waals surface area contributed by atoms with Crippen molar-refractivity contribution in [2.75, 3.05) is 44.3 Å². The molecule has 0 aliphatic carbocycles. The van der Waals surface area contributed by atoms with Crippen LogP contribution in [0.4, 0.5) is 11.4 Å². The largest absolute Gasteiger partial charge is 0.378 e. The van der Waals surface area contributed by atoms with Gasteiger partial charge in [0.15, 0.2) is 4.80 Å². The summed E-state index contributed by atoms with van der Waals surface area (Å²) >= 11 is 7.35. The van der Waals surface area contributed by atoms with Crippen molar-refractivity contribution < 1.29 is 14.5 Å². The topological polar surface area (TPSA) is 110 Å². The first-order valence-electron chi connectivity index (χ1n) is 13.4. The van der Waals surface area contributed by atoms with E-state index in [2.05, 4.69) is 4.99 Å². The molecule has 1 atom stereocenters. The first-order chi connectivity index (χ1) is 19.7. The fourth-order valence-electron chi connectivity index (χ4n) is 5.24. The van der Waals surface area contributed by atoms with E-state index in [0.29, 0.717) is 76.3 Å². The average molecular weight is 596 g/mol. The van der Waals surface area contributed by atoms with Gasteiger partial charge in [-0.25, -0.2) is 4.99 Å². The van der Waals surface area contributed by atoms with Gasteiger partial charge in [0.25, 0.3) is 17.2 Å². The van der Waals surface area contributed by atoms with Crippen molar-refractivity contribution in [2.45, 2.75) is 26.8 Å². The quantitative estimate of drug-likeness (QED) is 0.305. The van der Waals surface area contributed by atoms with Crippen LogP contribution in [0.15, 0.2) is 63.5 Å². The van der Waals surface area contributed by atoms with Crippen molar-refractivity contribution in [1.82, 2.24) is 9.47 Å². The standard InChI is InChI=1S/C29H30ClN5O5S/c1-4-32(5-2)28(37)25-18(3)31-29-34(26(25)20-7-9-21(30)10-8-20)27(36)24(41-29)17-19-6-11-22(23(16-19)35(38)39)33-12-14-40-15-13-33/h6-11,16-17,26H,4-5,12-15H2,1-3H3/b24-17-/t26-/m1/s1. The Balaban J connectivity index is 1.65. The van der Waals surface area contributed by atoms with Gasteiger partial charge in [-0.15, -0.1) is 0 Å². The molecule has 1 fully saturated rings. The molecule has 1 saturated heterocycles. The smallest absolute Gasteiger partial charge is 0.293 e. The van der Waals surface area contributed by atoms with Gasteiger partial charge in [0.2, 0.25) is 0 Å². The fraction of sp³-hybridized carbons (Fsp3) is 0.345. The number of aromatic nitrogens is 1. The van der Waals surface area contributed by atoms with Crippen LogP contribution in [-0.4, -0.2) is 59.7 Å². The summed E-state index contributed by atoms with van der Waals surface area (Å²) in [7, 11) is 0. The monoisotopic (exact) mass is 595 g/mol. The third kappa shape index (κ3) is 5.57. The molecule has 12 heteroatoms. The van der Waals surface area contributed by atoms with Crippen molar-refractivity contribution in [2.24, 2.45) is 4.99 Å². The number of ether oxygens (including phenoxy) is 1. The summed E-state index contributed by atoms with van der Waals surface area (Å²) in [5.74, 6) is -0.181. The summed E-state index contributed by atoms with van der Waals surface area (Å²) in [5, 5.41) is 12.5. The van der Waals surface area contributed by atoms with Crippen LogP contribution in [0.3, 0.4) is 0 Å². The fourth-order valence-corrected chi connectivity index (χ4v) is 6.41. The SMILES string of the molecule is CCN(CC)C(=O)C1=C(C)N=c2s/c(=C\c3ccc(N4CCOCC4)c([N+](=O)[O-])c3)c(=O)n2[C@@H]1c1ccc(Cl)cc1. The molecule has 0 spiro atoms. The third-order valence-electron chi connectivity index (χ3n) is 7.33. The number of amides is 1. The number of fused-ring (bicyclic) bond motifs is 1. The van der Waals surface area contributed by atoms with E-state index in [9.17, 15) is 19.7 Å². The lowest BCUT2D eigenvalue weighted by molar-refractivity contribution is -0.384. The van der Waals surface area contributed by atoms with Crippen LogP contribution in [-0.2, 0) is 9.53 Å². The minimum absolute atomic E-state index is 0.0320. The van der Waals surface area contributed by atoms with Gasteiger partial charge < -0.3 is 14.5 Å². The van der Waals surface area contributed by atoms with Crippen LogP contribution in [0.1, 0.15) is 37.9 Å². The van der Waals surface area contributed by atoms with Crippen molar-refractivity contribution in [3.05, 3.63) is 99.7 Å². The Hall–Kier alpha value is -3.80. The van der Waals surface area contributed by atoms with E-state index in [4.69, 9.17) is 16.3 Å². The van der Waals surface area contributed by atoms with Crippen LogP contribution >= 0.6 is 22.9 Å². The number of allylic oxidation sites excluding steroid dienone is 1. The Morgan fingerprint density at radius 2 is 1.88 bits per heavy atom. The summed E-state index contributed by atoms with van der Waals surface area (Å²) in [6.45, 7) is 8.78. The number of nitro groups is 1. The molecule has 0 saturated carbocycles. The molecular formula is C29H30ClN5O5S. The third-order valence-corrected chi connectivity index (χ3v) is 8.57. The molecule has 5 rings (SSSR count). The number of nitro benzene ring substituents is 1. The van der Waals surface area contributed by atoms with Crippen molar-refractivity contribution >= 4 is 46.3 Å². The van der Waals surface area contributed by atoms with Crippen molar-refractivity contribution in [3.8, 4) is 0 Å². The molecule has 3 heterocycles. The Labute approximate surface area is 245 Å². The number of carbonyl (C=O) groups is 1. The Kier molecular flexibility index (Phi) is 8.39. The number of thiazole rings is 1. The minimum atomic E-state index is -0.697. The summed E-state index contributed by atoms with van der Waals surface area (Å²) in [5.41, 5.74) is 2.39. The number of likely N-dealkylation sites (N-methyl/N-ethyl adjacent to an activating group) is 1. The molecule has 214 valence electrons. The highest BCUT2D eigenvalue weighted by atomic mass is 35.5. The number of nitrogens with zero attached hydrogens (tertiary/aromatic N) is 5. The van der Waals surface area contributed by atoms with E-state index in [1.807, 2.05) is 30.9 Å². The molecule has 41 heavy (non-hydrogen) atoms. The molecule has 10 nitrogen and oxygen atoms in total. The molecule has 1 aromatic heterocycles. The summed E-state index contributed by atoms with van der Waals surface area (Å²) in [4.78, 5) is 48.0. The molecule has 0 radical (unpaired) electrons. The average Bonchev–Trinajstić information content (AvgIpc) is 3.27. The molecular weight excluding hydrogens is 566 g/mol. The maximum absolute atomic E-state index is 13.9. The van der Waals surface area contributed by atoms with Crippen LogP contribution in [0.2, 0.25) is 5.02 Å². The lowest BCUT2D eigenvalue weighted by Gasteiger charge is -2.29. The number of carbonyl (C=O) groups excluding carboxylic acids is 1. The molecule has 0 unspecified atom stereocenters. The van der Waals surface area contributed by atoms with Gasteiger partial charge in [-0.1, -0.05) is 41.1 Å². The van der Waals surface area contributed by atoms with Gasteiger partial charge >= 0.3 is 0 Å². The first kappa shape index (κ1) is 28.7. The molecule has 0 N–H and O–H groups in total. The van der Waals surface area contributed by atoms with E-state index in [0.717, 1.165) is 5.56 Å². The first-order valence-corrected chi connectivity index (χ1v) is 14.6. The van der Waals surface area contributed by atoms with E-state index >= 15 is 0 Å². The second-order valence-corrected chi connectivity index (χ2v) is 11.2. The molecule has 0 bridgehead atoms. The van der Waals surface area contributed by atoms with Crippen LogP contribution in [0, 0.1) is 10.1 Å². The minimum Gasteiger partial charge on any atom is -0.378 e. The number of hydrogen-bond donors (Lipinski definition) is 0. The Bertz CT molecular complexity index is 1700. The zero-order valence-electron chi connectivity index (χ0n) is 23.0. The van der Waals surface area contributed by atoms with E-state index in [1.165, 1.54) is 17.4 Å². The van der Waals surface area contributed by atoms with Crippen molar-refractivity contribution in [1.29, 1.82) is 0 Å². The summed E-state index contributed by atoms with van der Waals surface area (Å²) < 4.78 is 7.29. The maximum atomic E-state index is 13.9. The van der Waals surface area contributed by atoms with E-state index in [-0.39, 0.29) is 17.2 Å². The number of benzene rings is 2. The predicted octanol–water partition coefficient (Wildman–Crippen LogP) is 3.50. The van der Waals surface area contributed by atoms with Crippen LogP contribution in [0.25, 0.3) is 6.08 Å². The number of hydrogen-bond acceptors (Lipinski definition) is 8. The predicted molar refractivity (Wildman–Crippen MR) is 159 cm³/mol. The number of morpholine rings is 1. The summed E-state index contributed by atoms with van der Waals surface area (Å²) in [6, 6.07) is 11.4. The Morgan fingerprint density at radius 1 is 1.20 bits per heavy atom. The number of halogens is 1. The second kappa shape index (κ2) is 12.0. The van der Waals surface area contributed by atoms with E-state index in [1.54, 1.807) is 46.7 Å². The van der Waals surface area contributed by atoms with Crippen LogP contribution in [0.5, 0.6) is 0 Å². The second-order valence-electron chi connectivity index (χ2n) is 9.72. The lowest BCUT2D eigenvalue weighted by Crippen LogP contribution is -2.43. The highest BCUT2D eigenvalue weighted by Crippen LogP contribution is 2.32. The van der Waals surface area contributed by atoms with Gasteiger partial charge in [0.05, 0.1) is 40.0 Å². The zero-order valence-corrected chi connectivity index (χ0v) is 24.6. The highest BCUT2D eigenvalue weighted by Gasteiger charge is 2.34. The molecule has 2 aliphatic heterocycles. The Morgan fingerprint density at radius 3 is 2.51 bits per heavy atom. The normalized spacial score (nSPS) is 17.3. The van der Waals surface area contributed by atoms with Gasteiger partial charge in [-0.2, -0.15) is 0 Å². The number of rotatable bonds is 7. The van der Waals surface area contributed by atoms with Gasteiger partial charge in [0, 0.05) is 37.3 Å². The lowest BCUT2D eigenvalue weighted by atomic mass is 9.94. The highest BCUT2D eigenvalue weighted by molar-refractivity contribution is 7.07. The van der Waals surface area contributed by atoms with Crippen molar-refractivity contribution in [3.63, 3.8) is 0 Å². The van der Waals surface area contributed by atoms with Gasteiger partial charge in [0.1, 0.15) is 5.69 Å². The molecule has 2 aliphatic rings. The maximum Gasteiger partial charge on any atom is 0.293 e. The van der Waals surface area contributed by atoms with E-state index < -0.39 is 11.0 Å². The van der Waals surface area contributed by atoms with Crippen LogP contribution < -0.4 is 19.8 Å². The zero-order chi connectivity index (χ0) is 29.3. The number of anilines is 1.